The van der Waals surface area contributed by atoms with E-state index in [1.807, 2.05) is 0 Å². The Balaban J connectivity index is 1.56. The molecule has 0 aromatic heterocycles. The molecule has 1 atom stereocenters. The van der Waals surface area contributed by atoms with Gasteiger partial charge in [0.15, 0.2) is 11.5 Å². The molecule has 8 nitrogen and oxygen atoms in total. The summed E-state index contributed by atoms with van der Waals surface area (Å²) >= 11 is 0. The molecule has 8 heteroatoms. The Hall–Kier alpha value is -2.48. The van der Waals surface area contributed by atoms with Gasteiger partial charge < -0.3 is 24.4 Å². The van der Waals surface area contributed by atoms with Crippen molar-refractivity contribution in [2.24, 2.45) is 0 Å². The number of urea groups is 1. The Morgan fingerprint density at radius 2 is 2.08 bits per heavy atom. The van der Waals surface area contributed by atoms with Crippen LogP contribution in [-0.4, -0.2) is 69.9 Å². The van der Waals surface area contributed by atoms with Crippen LogP contribution in [0.5, 0.6) is 11.5 Å². The summed E-state index contributed by atoms with van der Waals surface area (Å²) in [5.74, 6) is 1.00. The highest BCUT2D eigenvalue weighted by Gasteiger charge is 2.31. The van der Waals surface area contributed by atoms with E-state index in [1.54, 1.807) is 42.2 Å². The van der Waals surface area contributed by atoms with Gasteiger partial charge in [0.2, 0.25) is 5.91 Å². The Bertz CT molecular complexity index is 660. The smallest absolute Gasteiger partial charge is 0.325 e. The van der Waals surface area contributed by atoms with E-state index in [0.29, 0.717) is 31.1 Å². The molecular formula is C18H25N3O5. The van der Waals surface area contributed by atoms with Gasteiger partial charge in [-0.1, -0.05) is 0 Å². The molecule has 2 aliphatic heterocycles. The molecule has 0 saturated carbocycles. The highest BCUT2D eigenvalue weighted by Crippen LogP contribution is 2.32. The van der Waals surface area contributed by atoms with Crippen LogP contribution in [0.3, 0.4) is 0 Å². The summed E-state index contributed by atoms with van der Waals surface area (Å²) in [6.45, 7) is 2.33. The van der Waals surface area contributed by atoms with E-state index >= 15 is 0 Å². The molecule has 2 aliphatic rings. The normalized spacial score (nSPS) is 19.8. The topological polar surface area (TPSA) is 80.3 Å². The van der Waals surface area contributed by atoms with Gasteiger partial charge in [0.25, 0.3) is 0 Å². The highest BCUT2D eigenvalue weighted by atomic mass is 16.5. The minimum Gasteiger partial charge on any atom is -0.493 e. The fraction of sp³-hybridized carbons (Fsp3) is 0.556. The third kappa shape index (κ3) is 4.01. The first-order valence-electron chi connectivity index (χ1n) is 8.79. The first kappa shape index (κ1) is 18.3. The first-order chi connectivity index (χ1) is 12.6. The lowest BCUT2D eigenvalue weighted by molar-refractivity contribution is -0.122. The second-order valence-electron chi connectivity index (χ2n) is 6.33. The lowest BCUT2D eigenvalue weighted by Gasteiger charge is -2.20. The highest BCUT2D eigenvalue weighted by molar-refractivity contribution is 5.96. The third-order valence-corrected chi connectivity index (χ3v) is 4.66. The molecule has 142 valence electrons. The lowest BCUT2D eigenvalue weighted by Crippen LogP contribution is -2.42. The summed E-state index contributed by atoms with van der Waals surface area (Å²) < 4.78 is 16.0. The molecule has 0 spiro atoms. The van der Waals surface area contributed by atoms with E-state index < -0.39 is 0 Å². The van der Waals surface area contributed by atoms with Crippen LogP contribution in [0.4, 0.5) is 10.5 Å². The van der Waals surface area contributed by atoms with Crippen molar-refractivity contribution in [1.29, 1.82) is 0 Å². The predicted molar refractivity (Wildman–Crippen MR) is 95.8 cm³/mol. The van der Waals surface area contributed by atoms with Gasteiger partial charge in [-0.05, 0) is 25.0 Å². The van der Waals surface area contributed by atoms with Crippen molar-refractivity contribution >= 4 is 17.6 Å². The van der Waals surface area contributed by atoms with Gasteiger partial charge in [0.1, 0.15) is 6.54 Å². The van der Waals surface area contributed by atoms with Crippen molar-refractivity contribution in [3.05, 3.63) is 18.2 Å². The average molecular weight is 363 g/mol. The molecule has 1 aromatic carbocycles. The number of ether oxygens (including phenoxy) is 3. The number of rotatable bonds is 7. The summed E-state index contributed by atoms with van der Waals surface area (Å²) in [5.41, 5.74) is 0.718. The van der Waals surface area contributed by atoms with Gasteiger partial charge in [0, 0.05) is 38.0 Å². The second kappa shape index (κ2) is 8.27. The first-order valence-corrected chi connectivity index (χ1v) is 8.79. The third-order valence-electron chi connectivity index (χ3n) is 4.66. The average Bonchev–Trinajstić information content (AvgIpc) is 3.30. The zero-order chi connectivity index (χ0) is 18.5. The maximum Gasteiger partial charge on any atom is 0.325 e. The molecule has 3 amide bonds. The van der Waals surface area contributed by atoms with E-state index in [9.17, 15) is 9.59 Å². The molecular weight excluding hydrogens is 338 g/mol. The van der Waals surface area contributed by atoms with E-state index in [1.165, 1.54) is 0 Å². The molecule has 0 aliphatic carbocycles. The quantitative estimate of drug-likeness (QED) is 0.788. The second-order valence-corrected chi connectivity index (χ2v) is 6.33. The van der Waals surface area contributed by atoms with E-state index in [4.69, 9.17) is 14.2 Å². The van der Waals surface area contributed by atoms with Gasteiger partial charge in [-0.25, -0.2) is 4.79 Å². The fourth-order valence-corrected chi connectivity index (χ4v) is 3.22. The number of nitrogens with one attached hydrogen (secondary N) is 1. The Morgan fingerprint density at radius 1 is 1.27 bits per heavy atom. The van der Waals surface area contributed by atoms with Gasteiger partial charge >= 0.3 is 6.03 Å². The minimum atomic E-state index is -0.190. The maximum absolute atomic E-state index is 12.6. The molecule has 0 radical (unpaired) electrons. The zero-order valence-electron chi connectivity index (χ0n) is 15.2. The van der Waals surface area contributed by atoms with Crippen LogP contribution < -0.4 is 19.7 Å². The molecule has 3 rings (SSSR count). The number of carbonyl (C=O) groups excluding carboxylic acids is 2. The number of methoxy groups -OCH3 is 2. The molecule has 1 aromatic rings. The van der Waals surface area contributed by atoms with E-state index in [0.717, 1.165) is 25.1 Å². The number of amides is 3. The maximum atomic E-state index is 12.6. The fourth-order valence-electron chi connectivity index (χ4n) is 3.22. The molecule has 2 fully saturated rings. The molecule has 2 heterocycles. The molecule has 0 bridgehead atoms. The summed E-state index contributed by atoms with van der Waals surface area (Å²) in [7, 11) is 3.12. The monoisotopic (exact) mass is 363 g/mol. The van der Waals surface area contributed by atoms with Crippen molar-refractivity contribution < 1.29 is 23.8 Å². The summed E-state index contributed by atoms with van der Waals surface area (Å²) in [4.78, 5) is 27.9. The Labute approximate surface area is 153 Å². The van der Waals surface area contributed by atoms with Crippen LogP contribution in [0.2, 0.25) is 0 Å². The standard InChI is InChI=1S/C18H25N3O5/c1-24-15-6-5-13(10-16(15)25-2)21-8-7-20(18(21)23)12-17(22)19-11-14-4-3-9-26-14/h5-6,10,14H,3-4,7-9,11-12H2,1-2H3,(H,19,22). The van der Waals surface area contributed by atoms with Crippen molar-refractivity contribution in [1.82, 2.24) is 10.2 Å². The van der Waals surface area contributed by atoms with Crippen LogP contribution in [0.25, 0.3) is 0 Å². The van der Waals surface area contributed by atoms with Gasteiger partial charge in [-0.2, -0.15) is 0 Å². The van der Waals surface area contributed by atoms with Crippen molar-refractivity contribution in [3.63, 3.8) is 0 Å². The van der Waals surface area contributed by atoms with Gasteiger partial charge in [-0.3, -0.25) is 9.69 Å². The van der Waals surface area contributed by atoms with E-state index in [-0.39, 0.29) is 24.6 Å². The number of hydrogen-bond acceptors (Lipinski definition) is 5. The summed E-state index contributed by atoms with van der Waals surface area (Å²) in [6, 6.07) is 5.14. The number of carbonyl (C=O) groups is 2. The summed E-state index contributed by atoms with van der Waals surface area (Å²) in [5, 5.41) is 2.85. The SMILES string of the molecule is COc1ccc(N2CCN(CC(=O)NCC3CCCO3)C2=O)cc1OC. The van der Waals surface area contributed by atoms with Crippen LogP contribution >= 0.6 is 0 Å². The number of benzene rings is 1. The predicted octanol–water partition coefficient (Wildman–Crippen LogP) is 1.24. The van der Waals surface area contributed by atoms with E-state index in [2.05, 4.69) is 5.32 Å². The van der Waals surface area contributed by atoms with Crippen molar-refractivity contribution in [3.8, 4) is 11.5 Å². The van der Waals surface area contributed by atoms with Gasteiger partial charge in [0.05, 0.1) is 20.3 Å². The number of hydrogen-bond donors (Lipinski definition) is 1. The zero-order valence-corrected chi connectivity index (χ0v) is 15.2. The summed E-state index contributed by atoms with van der Waals surface area (Å²) in [6.07, 6.45) is 2.10. The van der Waals surface area contributed by atoms with Crippen molar-refractivity contribution in [2.45, 2.75) is 18.9 Å². The van der Waals surface area contributed by atoms with Crippen LogP contribution in [0, 0.1) is 0 Å². The Morgan fingerprint density at radius 3 is 2.77 bits per heavy atom. The molecule has 26 heavy (non-hydrogen) atoms. The van der Waals surface area contributed by atoms with Crippen molar-refractivity contribution in [2.75, 3.05) is 51.9 Å². The Kier molecular flexibility index (Phi) is 5.82. The van der Waals surface area contributed by atoms with Crippen LogP contribution in [0.1, 0.15) is 12.8 Å². The van der Waals surface area contributed by atoms with Crippen LogP contribution in [-0.2, 0) is 9.53 Å². The molecule has 1 N–H and O–H groups in total. The van der Waals surface area contributed by atoms with Gasteiger partial charge in [-0.15, -0.1) is 0 Å². The number of anilines is 1. The number of nitrogens with zero attached hydrogens (tertiary/aromatic N) is 2. The largest absolute Gasteiger partial charge is 0.493 e. The molecule has 1 unspecified atom stereocenters. The minimum absolute atomic E-state index is 0.0509. The lowest BCUT2D eigenvalue weighted by atomic mass is 10.2. The molecule has 2 saturated heterocycles. The van der Waals surface area contributed by atoms with Crippen LogP contribution in [0.15, 0.2) is 18.2 Å².